The van der Waals surface area contributed by atoms with Crippen molar-refractivity contribution in [3.8, 4) is 0 Å². The van der Waals surface area contributed by atoms with Crippen molar-refractivity contribution in [3.63, 3.8) is 0 Å². The average molecular weight is 625 g/mol. The first-order chi connectivity index (χ1) is 19.1. The van der Waals surface area contributed by atoms with Crippen LogP contribution < -0.4 is 0 Å². The smallest absolute Gasteiger partial charge is 0.416 e. The fourth-order valence-corrected chi connectivity index (χ4v) is 4.85. The Kier molecular flexibility index (Phi) is 12.2. The minimum absolute atomic E-state index is 0.00411. The molecule has 10 nitrogen and oxygen atoms in total. The molecule has 1 aromatic carbocycles. The SMILES string of the molecule is CC(=O)O[C@H](c1cc(Br)c(CCCOC[C@@H](CO)OCc2ccccc2)o1)[C@H](C)C(=O)N1C(=O)OC[C@@H]1C(C)C. The number of imide groups is 1. The van der Waals surface area contributed by atoms with Gasteiger partial charge in [0.15, 0.2) is 6.10 Å². The van der Waals surface area contributed by atoms with E-state index in [0.29, 0.717) is 42.0 Å². The first-order valence-corrected chi connectivity index (χ1v) is 14.2. The number of benzene rings is 1. The van der Waals surface area contributed by atoms with Crippen LogP contribution in [0.25, 0.3) is 0 Å². The number of cyclic esters (lactones) is 1. The van der Waals surface area contributed by atoms with Crippen LogP contribution in [0.15, 0.2) is 45.3 Å². The van der Waals surface area contributed by atoms with Crippen LogP contribution in [0.4, 0.5) is 4.79 Å². The lowest BCUT2D eigenvalue weighted by atomic mass is 9.98. The summed E-state index contributed by atoms with van der Waals surface area (Å²) in [6.45, 7) is 7.68. The van der Waals surface area contributed by atoms with Gasteiger partial charge in [-0.3, -0.25) is 9.59 Å². The first-order valence-electron chi connectivity index (χ1n) is 13.4. The predicted molar refractivity (Wildman–Crippen MR) is 148 cm³/mol. The van der Waals surface area contributed by atoms with Crippen LogP contribution >= 0.6 is 15.9 Å². The van der Waals surface area contributed by atoms with Gasteiger partial charge in [-0.05, 0) is 46.8 Å². The van der Waals surface area contributed by atoms with Crippen molar-refractivity contribution in [1.29, 1.82) is 0 Å². The summed E-state index contributed by atoms with van der Waals surface area (Å²) in [5, 5.41) is 9.59. The number of halogens is 1. The second kappa shape index (κ2) is 15.3. The molecule has 1 aromatic heterocycles. The van der Waals surface area contributed by atoms with Gasteiger partial charge in [-0.25, -0.2) is 9.69 Å². The van der Waals surface area contributed by atoms with Crippen LogP contribution in [0.3, 0.4) is 0 Å². The third-order valence-electron chi connectivity index (χ3n) is 6.63. The van der Waals surface area contributed by atoms with Crippen molar-refractivity contribution < 1.29 is 42.9 Å². The molecule has 11 heteroatoms. The van der Waals surface area contributed by atoms with Crippen LogP contribution in [0.1, 0.15) is 57.3 Å². The third kappa shape index (κ3) is 8.63. The molecule has 0 bridgehead atoms. The lowest BCUT2D eigenvalue weighted by Crippen LogP contribution is -2.45. The maximum absolute atomic E-state index is 13.3. The number of ether oxygens (including phenoxy) is 4. The average Bonchev–Trinajstić information content (AvgIpc) is 3.50. The van der Waals surface area contributed by atoms with Crippen molar-refractivity contribution >= 4 is 33.9 Å². The standard InChI is InChI=1S/C29H38BrNO9/c1-18(2)24-17-38-29(35)31(24)28(34)19(3)27(39-20(4)33)26-13-23(30)25(40-26)11-8-12-36-16-22(14-32)37-15-21-9-6-5-7-10-21/h5-7,9-10,13,18-19,22,24,27,32H,8,11-12,14-17H2,1-4H3/t19-,22+,24+,27-/m0/s1. The second-order valence-corrected chi connectivity index (χ2v) is 11.0. The van der Waals surface area contributed by atoms with E-state index in [2.05, 4.69) is 15.9 Å². The monoisotopic (exact) mass is 623 g/mol. The van der Waals surface area contributed by atoms with Gasteiger partial charge in [-0.2, -0.15) is 0 Å². The molecule has 1 fully saturated rings. The summed E-state index contributed by atoms with van der Waals surface area (Å²) in [7, 11) is 0. The highest BCUT2D eigenvalue weighted by Crippen LogP contribution is 2.35. The van der Waals surface area contributed by atoms with Crippen molar-refractivity contribution in [2.45, 2.75) is 65.4 Å². The van der Waals surface area contributed by atoms with E-state index in [1.807, 2.05) is 44.2 Å². The molecule has 2 aromatic rings. The molecule has 4 atom stereocenters. The molecule has 2 amide bonds. The van der Waals surface area contributed by atoms with E-state index in [9.17, 15) is 19.5 Å². The van der Waals surface area contributed by atoms with Crippen molar-refractivity contribution in [2.24, 2.45) is 11.8 Å². The molecule has 0 unspecified atom stereocenters. The minimum atomic E-state index is -1.03. The van der Waals surface area contributed by atoms with E-state index in [1.165, 1.54) is 6.92 Å². The summed E-state index contributed by atoms with van der Waals surface area (Å²) in [5.41, 5.74) is 1.02. The predicted octanol–water partition coefficient (Wildman–Crippen LogP) is 4.81. The topological polar surface area (TPSA) is 125 Å². The fourth-order valence-electron chi connectivity index (χ4n) is 4.34. The van der Waals surface area contributed by atoms with E-state index < -0.39 is 42.1 Å². The van der Waals surface area contributed by atoms with Crippen molar-refractivity contribution in [2.75, 3.05) is 26.4 Å². The van der Waals surface area contributed by atoms with Crippen molar-refractivity contribution in [1.82, 2.24) is 4.90 Å². The Labute approximate surface area is 243 Å². The normalized spacial score (nSPS) is 17.5. The largest absolute Gasteiger partial charge is 0.461 e. The molecule has 2 heterocycles. The zero-order valence-electron chi connectivity index (χ0n) is 23.3. The summed E-state index contributed by atoms with van der Waals surface area (Å²) < 4.78 is 28.7. The molecule has 1 aliphatic heterocycles. The molecule has 3 rings (SSSR count). The Balaban J connectivity index is 1.56. The Hall–Kier alpha value is -2.73. The van der Waals surface area contributed by atoms with E-state index in [-0.39, 0.29) is 25.7 Å². The maximum Gasteiger partial charge on any atom is 0.416 e. The molecular weight excluding hydrogens is 586 g/mol. The van der Waals surface area contributed by atoms with Gasteiger partial charge in [0.25, 0.3) is 0 Å². The summed E-state index contributed by atoms with van der Waals surface area (Å²) in [6, 6.07) is 11.0. The van der Waals surface area contributed by atoms with Gasteiger partial charge in [-0.15, -0.1) is 0 Å². The minimum Gasteiger partial charge on any atom is -0.461 e. The van der Waals surface area contributed by atoms with E-state index in [4.69, 9.17) is 23.4 Å². The Morgan fingerprint density at radius 1 is 1.20 bits per heavy atom. The van der Waals surface area contributed by atoms with E-state index in [0.717, 1.165) is 10.5 Å². The molecule has 0 radical (unpaired) electrons. The number of aryl methyl sites for hydroxylation is 1. The van der Waals surface area contributed by atoms with Crippen LogP contribution in [0.5, 0.6) is 0 Å². The molecule has 1 N–H and O–H groups in total. The fraction of sp³-hybridized carbons (Fsp3) is 0.552. The first kappa shape index (κ1) is 31.8. The zero-order valence-corrected chi connectivity index (χ0v) is 24.9. The summed E-state index contributed by atoms with van der Waals surface area (Å²) in [6.07, 6.45) is -1.04. The zero-order chi connectivity index (χ0) is 29.2. The number of hydrogen-bond donors (Lipinski definition) is 1. The molecular formula is C29H38BrNO9. The number of nitrogens with zero attached hydrogens (tertiary/aromatic N) is 1. The van der Waals surface area contributed by atoms with Crippen LogP contribution in [-0.4, -0.2) is 66.5 Å². The lowest BCUT2D eigenvalue weighted by Gasteiger charge is -2.28. The Bertz CT molecular complexity index is 1120. The number of carbonyl (C=O) groups is 3. The second-order valence-electron chi connectivity index (χ2n) is 10.1. The third-order valence-corrected chi connectivity index (χ3v) is 7.31. The number of carbonyl (C=O) groups excluding carboxylic acids is 3. The highest BCUT2D eigenvalue weighted by Gasteiger charge is 2.44. The highest BCUT2D eigenvalue weighted by atomic mass is 79.9. The Morgan fingerprint density at radius 2 is 1.93 bits per heavy atom. The van der Waals surface area contributed by atoms with E-state index >= 15 is 0 Å². The van der Waals surface area contributed by atoms with Crippen molar-refractivity contribution in [3.05, 3.63) is 58.0 Å². The molecule has 0 aliphatic carbocycles. The van der Waals surface area contributed by atoms with Gasteiger partial charge in [-0.1, -0.05) is 44.2 Å². The van der Waals surface area contributed by atoms with Gasteiger partial charge < -0.3 is 28.5 Å². The number of aliphatic hydroxyl groups is 1. The number of esters is 1. The van der Waals surface area contributed by atoms with Gasteiger partial charge in [0, 0.05) is 20.0 Å². The summed E-state index contributed by atoms with van der Waals surface area (Å²) in [4.78, 5) is 38.7. The lowest BCUT2D eigenvalue weighted by molar-refractivity contribution is -0.155. The van der Waals surface area contributed by atoms with Crippen LogP contribution in [-0.2, 0) is 41.6 Å². The van der Waals surface area contributed by atoms with Gasteiger partial charge in [0.05, 0.1) is 36.3 Å². The molecule has 0 spiro atoms. The number of amides is 2. The molecule has 40 heavy (non-hydrogen) atoms. The molecule has 1 aliphatic rings. The summed E-state index contributed by atoms with van der Waals surface area (Å²) >= 11 is 3.49. The van der Waals surface area contributed by atoms with Crippen LogP contribution in [0.2, 0.25) is 0 Å². The quantitative estimate of drug-likeness (QED) is 0.220. The molecule has 1 saturated heterocycles. The van der Waals surface area contributed by atoms with Crippen LogP contribution in [0, 0.1) is 11.8 Å². The van der Waals surface area contributed by atoms with E-state index in [1.54, 1.807) is 13.0 Å². The van der Waals surface area contributed by atoms with Gasteiger partial charge in [0.2, 0.25) is 5.91 Å². The molecule has 220 valence electrons. The number of aliphatic hydroxyl groups excluding tert-OH is 1. The number of rotatable bonds is 15. The highest BCUT2D eigenvalue weighted by molar-refractivity contribution is 9.10. The molecule has 0 saturated carbocycles. The summed E-state index contributed by atoms with van der Waals surface area (Å²) in [5.74, 6) is -1.06. The maximum atomic E-state index is 13.3. The number of furan rings is 1. The van der Waals surface area contributed by atoms with Gasteiger partial charge in [0.1, 0.15) is 24.2 Å². The van der Waals surface area contributed by atoms with Gasteiger partial charge >= 0.3 is 12.1 Å². The Morgan fingerprint density at radius 3 is 2.58 bits per heavy atom. The number of hydrogen-bond acceptors (Lipinski definition) is 9.